The number of hydrogen-bond acceptors (Lipinski definition) is 4. The number of piperidine rings is 1. The van der Waals surface area contributed by atoms with Crippen molar-refractivity contribution >= 4 is 52.4 Å². The van der Waals surface area contributed by atoms with E-state index in [1.807, 2.05) is 36.4 Å². The Balaban J connectivity index is 0.00000150. The van der Waals surface area contributed by atoms with Gasteiger partial charge in [-0.25, -0.2) is 0 Å². The van der Waals surface area contributed by atoms with Crippen molar-refractivity contribution in [1.82, 2.24) is 15.6 Å². The maximum Gasteiger partial charge on any atom is 0.253 e. The molecule has 3 aromatic rings. The zero-order valence-electron chi connectivity index (χ0n) is 16.4. The van der Waals surface area contributed by atoms with Gasteiger partial charge in [-0.2, -0.15) is 0 Å². The van der Waals surface area contributed by atoms with E-state index in [0.29, 0.717) is 18.7 Å². The van der Waals surface area contributed by atoms with Crippen LogP contribution in [0, 0.1) is 5.41 Å². The Labute approximate surface area is 183 Å². The monoisotopic (exact) mass is 435 g/mol. The van der Waals surface area contributed by atoms with Crippen LogP contribution in [-0.2, 0) is 4.74 Å². The first-order chi connectivity index (χ1) is 13.2. The van der Waals surface area contributed by atoms with Crippen LogP contribution >= 0.6 is 24.8 Å². The van der Waals surface area contributed by atoms with Gasteiger partial charge in [-0.15, -0.1) is 24.8 Å². The van der Waals surface area contributed by atoms with Crippen molar-refractivity contribution in [1.29, 1.82) is 0 Å². The molecule has 156 valence electrons. The zero-order valence-corrected chi connectivity index (χ0v) is 18.1. The molecule has 29 heavy (non-hydrogen) atoms. The second-order valence-corrected chi connectivity index (χ2v) is 7.41. The molecule has 0 aliphatic carbocycles. The van der Waals surface area contributed by atoms with Gasteiger partial charge in [-0.05, 0) is 48.8 Å². The molecule has 1 fully saturated rings. The average molecular weight is 436 g/mol. The normalized spacial score (nSPS) is 15.3. The molecule has 0 saturated carbocycles. The van der Waals surface area contributed by atoms with Gasteiger partial charge in [0.1, 0.15) is 0 Å². The highest BCUT2D eigenvalue weighted by Crippen LogP contribution is 2.30. The molecule has 2 N–H and O–H groups in total. The van der Waals surface area contributed by atoms with Crippen molar-refractivity contribution in [3.63, 3.8) is 0 Å². The summed E-state index contributed by atoms with van der Waals surface area (Å²) in [4.78, 5) is 17.6. The van der Waals surface area contributed by atoms with E-state index < -0.39 is 0 Å². The van der Waals surface area contributed by atoms with Gasteiger partial charge in [0.2, 0.25) is 0 Å². The molecule has 2 heterocycles. The van der Waals surface area contributed by atoms with Gasteiger partial charge < -0.3 is 15.4 Å². The number of benzene rings is 2. The van der Waals surface area contributed by atoms with Crippen molar-refractivity contribution in [3.05, 3.63) is 54.2 Å². The minimum Gasteiger partial charge on any atom is -0.384 e. The minimum absolute atomic E-state index is 0. The number of nitrogens with zero attached hydrogens (tertiary/aromatic N) is 1. The van der Waals surface area contributed by atoms with Crippen molar-refractivity contribution in [2.45, 2.75) is 12.8 Å². The van der Waals surface area contributed by atoms with Gasteiger partial charge >= 0.3 is 0 Å². The summed E-state index contributed by atoms with van der Waals surface area (Å²) < 4.78 is 5.46. The minimum atomic E-state index is -0.0709. The zero-order chi connectivity index (χ0) is 18.7. The van der Waals surface area contributed by atoms with Crippen LogP contribution in [0.15, 0.2) is 48.7 Å². The van der Waals surface area contributed by atoms with Gasteiger partial charge in [0.05, 0.1) is 17.7 Å². The standard InChI is InChI=1S/C22H25N3O2.2ClH/c1-27-15-22(8-11-23-12-9-22)14-25-21(26)19-13-16-5-2-3-6-17(16)18-7-4-10-24-20(18)19;;/h2-7,10,13,23H,8-9,11-12,14-15H2,1H3,(H,25,26);2*1H. The predicted octanol–water partition coefficient (Wildman–Crippen LogP) is 3.98. The van der Waals surface area contributed by atoms with Crippen molar-refractivity contribution in [2.75, 3.05) is 33.4 Å². The molecule has 2 aromatic carbocycles. The van der Waals surface area contributed by atoms with Crippen molar-refractivity contribution in [2.24, 2.45) is 5.41 Å². The lowest BCUT2D eigenvalue weighted by molar-refractivity contribution is 0.0512. The highest BCUT2D eigenvalue weighted by Gasteiger charge is 2.32. The highest BCUT2D eigenvalue weighted by atomic mass is 35.5. The highest BCUT2D eigenvalue weighted by molar-refractivity contribution is 6.15. The first kappa shape index (κ1) is 23.4. The van der Waals surface area contributed by atoms with Crippen LogP contribution in [0.4, 0.5) is 0 Å². The van der Waals surface area contributed by atoms with Gasteiger partial charge in [-0.3, -0.25) is 9.78 Å². The number of methoxy groups -OCH3 is 1. The lowest BCUT2D eigenvalue weighted by Crippen LogP contribution is -2.47. The number of hydrogen-bond donors (Lipinski definition) is 2. The van der Waals surface area contributed by atoms with Crippen LogP contribution in [-0.4, -0.2) is 44.2 Å². The van der Waals surface area contributed by atoms with Crippen LogP contribution in [0.25, 0.3) is 21.7 Å². The Morgan fingerprint density at radius 3 is 2.62 bits per heavy atom. The van der Waals surface area contributed by atoms with E-state index in [4.69, 9.17) is 4.74 Å². The molecular weight excluding hydrogens is 409 g/mol. The lowest BCUT2D eigenvalue weighted by Gasteiger charge is -2.37. The summed E-state index contributed by atoms with van der Waals surface area (Å²) in [5, 5.41) is 9.73. The number of halogens is 2. The molecule has 1 amide bonds. The summed E-state index contributed by atoms with van der Waals surface area (Å²) in [7, 11) is 1.73. The fraction of sp³-hybridized carbons (Fsp3) is 0.364. The molecule has 5 nitrogen and oxygen atoms in total. The maximum atomic E-state index is 13.1. The molecule has 7 heteroatoms. The Kier molecular flexibility index (Phi) is 8.23. The molecule has 0 spiro atoms. The number of carbonyl (C=O) groups excluding carboxylic acids is 1. The number of aromatic nitrogens is 1. The van der Waals surface area contributed by atoms with Crippen LogP contribution in [0.3, 0.4) is 0 Å². The molecule has 1 aromatic heterocycles. The molecule has 1 aliphatic rings. The van der Waals surface area contributed by atoms with Crippen molar-refractivity contribution in [3.8, 4) is 0 Å². The Morgan fingerprint density at radius 2 is 1.86 bits per heavy atom. The largest absolute Gasteiger partial charge is 0.384 e. The first-order valence-electron chi connectivity index (χ1n) is 9.47. The second-order valence-electron chi connectivity index (χ2n) is 7.41. The van der Waals surface area contributed by atoms with E-state index in [9.17, 15) is 4.79 Å². The quantitative estimate of drug-likeness (QED) is 0.594. The Morgan fingerprint density at radius 1 is 1.14 bits per heavy atom. The third kappa shape index (κ3) is 4.81. The van der Waals surface area contributed by atoms with Gasteiger partial charge in [0.15, 0.2) is 0 Å². The topological polar surface area (TPSA) is 63.2 Å². The van der Waals surface area contributed by atoms with E-state index in [-0.39, 0.29) is 36.1 Å². The summed E-state index contributed by atoms with van der Waals surface area (Å²) in [5.41, 5.74) is 1.38. The van der Waals surface area contributed by atoms with Gasteiger partial charge in [-0.1, -0.05) is 30.3 Å². The van der Waals surface area contributed by atoms with E-state index in [0.717, 1.165) is 47.6 Å². The fourth-order valence-corrected chi connectivity index (χ4v) is 4.10. The molecule has 4 rings (SSSR count). The van der Waals surface area contributed by atoms with Gasteiger partial charge in [0.25, 0.3) is 5.91 Å². The predicted molar refractivity (Wildman–Crippen MR) is 122 cm³/mol. The van der Waals surface area contributed by atoms with E-state index in [1.165, 1.54) is 0 Å². The number of nitrogens with one attached hydrogen (secondary N) is 2. The number of amides is 1. The van der Waals surface area contributed by atoms with Crippen LogP contribution in [0.5, 0.6) is 0 Å². The van der Waals surface area contributed by atoms with E-state index in [1.54, 1.807) is 13.3 Å². The summed E-state index contributed by atoms with van der Waals surface area (Å²) in [6.45, 7) is 3.19. The first-order valence-corrected chi connectivity index (χ1v) is 9.47. The molecule has 0 radical (unpaired) electrons. The molecule has 1 aliphatic heterocycles. The summed E-state index contributed by atoms with van der Waals surface area (Å²) in [6.07, 6.45) is 3.74. The molecule has 0 atom stereocenters. The SMILES string of the molecule is COCC1(CNC(=O)c2cc3ccccc3c3cccnc23)CCNCC1.Cl.Cl. The molecular formula is C22H27Cl2N3O2. The fourth-order valence-electron chi connectivity index (χ4n) is 4.10. The third-order valence-electron chi connectivity index (χ3n) is 5.60. The third-order valence-corrected chi connectivity index (χ3v) is 5.60. The number of carbonyl (C=O) groups is 1. The van der Waals surface area contributed by atoms with Crippen molar-refractivity contribution < 1.29 is 9.53 Å². The number of rotatable bonds is 5. The number of fused-ring (bicyclic) bond motifs is 3. The summed E-state index contributed by atoms with van der Waals surface area (Å²) in [5.74, 6) is -0.0709. The number of ether oxygens (including phenoxy) is 1. The van der Waals surface area contributed by atoms with E-state index in [2.05, 4.69) is 21.7 Å². The molecule has 0 unspecified atom stereocenters. The second kappa shape index (κ2) is 10.2. The van der Waals surface area contributed by atoms with Crippen LogP contribution in [0.2, 0.25) is 0 Å². The summed E-state index contributed by atoms with van der Waals surface area (Å²) in [6, 6.07) is 14.0. The summed E-state index contributed by atoms with van der Waals surface area (Å²) >= 11 is 0. The Hall–Kier alpha value is -1.92. The molecule has 1 saturated heterocycles. The lowest BCUT2D eigenvalue weighted by atomic mass is 9.79. The van der Waals surface area contributed by atoms with Gasteiger partial charge in [0, 0.05) is 30.7 Å². The Bertz CT molecular complexity index is 969. The van der Waals surface area contributed by atoms with Crippen LogP contribution in [0.1, 0.15) is 23.2 Å². The smallest absolute Gasteiger partial charge is 0.253 e. The van der Waals surface area contributed by atoms with E-state index >= 15 is 0 Å². The van der Waals surface area contributed by atoms with Crippen LogP contribution < -0.4 is 10.6 Å². The molecule has 0 bridgehead atoms. The maximum absolute atomic E-state index is 13.1. The number of pyridine rings is 1. The average Bonchev–Trinajstić information content (AvgIpc) is 2.72.